The van der Waals surface area contributed by atoms with Crippen LogP contribution in [0.4, 0.5) is 0 Å². The molecule has 0 aromatic heterocycles. The first kappa shape index (κ1) is 24.1. The van der Waals surface area contributed by atoms with Crippen molar-refractivity contribution in [2.24, 2.45) is 17.8 Å². The maximum absolute atomic E-state index is 12.0. The molecule has 0 spiro atoms. The summed E-state index contributed by atoms with van der Waals surface area (Å²) in [6.45, 7) is 7.37. The lowest BCUT2D eigenvalue weighted by atomic mass is 9.85. The summed E-state index contributed by atoms with van der Waals surface area (Å²) < 4.78 is 5.00. The lowest BCUT2D eigenvalue weighted by Crippen LogP contribution is -2.33. The van der Waals surface area contributed by atoms with Gasteiger partial charge in [-0.3, -0.25) is 9.59 Å². The van der Waals surface area contributed by atoms with Crippen LogP contribution >= 0.6 is 0 Å². The highest BCUT2D eigenvalue weighted by Gasteiger charge is 2.33. The molecule has 1 aliphatic heterocycles. The third kappa shape index (κ3) is 6.93. The van der Waals surface area contributed by atoms with Gasteiger partial charge in [-0.1, -0.05) is 40.0 Å². The number of hydrogen-bond donors (Lipinski definition) is 3. The van der Waals surface area contributed by atoms with E-state index in [0.717, 1.165) is 12.8 Å². The SMILES string of the molecule is CC[C@H](C)[C@@H](O)[C@@H](CCC[C@H](C)CC/C(O)=C1/C(=O)C[C@@H](C)OC1=O)C(=O)O. The van der Waals surface area contributed by atoms with Crippen molar-refractivity contribution in [1.82, 2.24) is 0 Å². The van der Waals surface area contributed by atoms with E-state index in [0.29, 0.717) is 19.3 Å². The first-order chi connectivity index (χ1) is 13.1. The zero-order valence-electron chi connectivity index (χ0n) is 17.3. The summed E-state index contributed by atoms with van der Waals surface area (Å²) in [4.78, 5) is 35.2. The fourth-order valence-electron chi connectivity index (χ4n) is 3.46. The summed E-state index contributed by atoms with van der Waals surface area (Å²) in [6.07, 6.45) is 1.99. The molecule has 0 radical (unpaired) electrons. The van der Waals surface area contributed by atoms with Crippen LogP contribution in [0.1, 0.15) is 72.6 Å². The maximum Gasteiger partial charge on any atom is 0.345 e. The normalized spacial score (nSPS) is 23.5. The Morgan fingerprint density at radius 1 is 1.18 bits per heavy atom. The molecular formula is C21H34O7. The fourth-order valence-corrected chi connectivity index (χ4v) is 3.46. The summed E-state index contributed by atoms with van der Waals surface area (Å²) in [7, 11) is 0. The number of aliphatic hydroxyl groups is 2. The van der Waals surface area contributed by atoms with E-state index in [1.165, 1.54) is 0 Å². The number of carboxylic acids is 1. The molecule has 1 fully saturated rings. The molecule has 0 aromatic rings. The highest BCUT2D eigenvalue weighted by Crippen LogP contribution is 2.26. The molecule has 160 valence electrons. The first-order valence-electron chi connectivity index (χ1n) is 10.2. The predicted molar refractivity (Wildman–Crippen MR) is 104 cm³/mol. The molecular weight excluding hydrogens is 364 g/mol. The highest BCUT2D eigenvalue weighted by molar-refractivity contribution is 6.19. The summed E-state index contributed by atoms with van der Waals surface area (Å²) in [6, 6.07) is 0. The number of cyclic esters (lactones) is 1. The van der Waals surface area contributed by atoms with Crippen molar-refractivity contribution >= 4 is 17.7 Å². The standard InChI is InChI=1S/C21H34O7/c1-5-13(3)19(24)15(20(25)26)8-6-7-12(2)9-10-16(22)18-17(23)11-14(4)28-21(18)27/h12-15,19,22,24H,5-11H2,1-4H3,(H,25,26)/b18-16+/t12-,13-,14+,15+,19+/m0/s1. The van der Waals surface area contributed by atoms with Crippen LogP contribution in [0, 0.1) is 17.8 Å². The van der Waals surface area contributed by atoms with Gasteiger partial charge in [0.15, 0.2) is 5.78 Å². The van der Waals surface area contributed by atoms with E-state index < -0.39 is 35.8 Å². The number of carbonyl (C=O) groups excluding carboxylic acids is 2. The number of carboxylic acid groups (broad SMARTS) is 1. The van der Waals surface area contributed by atoms with Gasteiger partial charge in [0.05, 0.1) is 12.0 Å². The van der Waals surface area contributed by atoms with Gasteiger partial charge in [-0.15, -0.1) is 0 Å². The molecule has 1 aliphatic rings. The molecule has 0 aliphatic carbocycles. The minimum absolute atomic E-state index is 0.0717. The van der Waals surface area contributed by atoms with Crippen LogP contribution in [-0.2, 0) is 19.1 Å². The highest BCUT2D eigenvalue weighted by atomic mass is 16.5. The Bertz CT molecular complexity index is 576. The van der Waals surface area contributed by atoms with Crippen LogP contribution in [0.15, 0.2) is 11.3 Å². The number of ketones is 1. The molecule has 7 heteroatoms. The second kappa shape index (κ2) is 11.2. The third-order valence-corrected chi connectivity index (χ3v) is 5.60. The van der Waals surface area contributed by atoms with Crippen LogP contribution in [0.2, 0.25) is 0 Å². The van der Waals surface area contributed by atoms with Crippen LogP contribution in [0.25, 0.3) is 0 Å². The fraction of sp³-hybridized carbons (Fsp3) is 0.762. The molecule has 5 atom stereocenters. The zero-order chi connectivity index (χ0) is 21.4. The third-order valence-electron chi connectivity index (χ3n) is 5.60. The number of carbonyl (C=O) groups is 3. The van der Waals surface area contributed by atoms with Crippen LogP contribution in [0.3, 0.4) is 0 Å². The van der Waals surface area contributed by atoms with Crippen molar-refractivity contribution in [3.8, 4) is 0 Å². The van der Waals surface area contributed by atoms with Crippen molar-refractivity contribution in [3.05, 3.63) is 11.3 Å². The zero-order valence-corrected chi connectivity index (χ0v) is 17.3. The van der Waals surface area contributed by atoms with E-state index in [1.807, 2.05) is 20.8 Å². The Morgan fingerprint density at radius 2 is 1.82 bits per heavy atom. The van der Waals surface area contributed by atoms with Gasteiger partial charge < -0.3 is 20.1 Å². The number of allylic oxidation sites excluding steroid dienone is 1. The van der Waals surface area contributed by atoms with E-state index in [4.69, 9.17) is 4.74 Å². The smallest absolute Gasteiger partial charge is 0.345 e. The van der Waals surface area contributed by atoms with Gasteiger partial charge >= 0.3 is 11.9 Å². The van der Waals surface area contributed by atoms with Crippen LogP contribution < -0.4 is 0 Å². The van der Waals surface area contributed by atoms with Gasteiger partial charge in [-0.25, -0.2) is 4.79 Å². The molecule has 28 heavy (non-hydrogen) atoms. The van der Waals surface area contributed by atoms with Crippen molar-refractivity contribution in [2.75, 3.05) is 0 Å². The lowest BCUT2D eigenvalue weighted by Gasteiger charge is -2.24. The minimum Gasteiger partial charge on any atom is -0.511 e. The Labute approximate surface area is 166 Å². The average Bonchev–Trinajstić information content (AvgIpc) is 2.61. The van der Waals surface area contributed by atoms with Gasteiger partial charge in [0, 0.05) is 12.8 Å². The van der Waals surface area contributed by atoms with Gasteiger partial charge in [0.2, 0.25) is 0 Å². The largest absolute Gasteiger partial charge is 0.511 e. The number of ether oxygens (including phenoxy) is 1. The van der Waals surface area contributed by atoms with E-state index in [-0.39, 0.29) is 36.0 Å². The molecule has 7 nitrogen and oxygen atoms in total. The van der Waals surface area contributed by atoms with E-state index in [1.54, 1.807) is 6.92 Å². The molecule has 1 rings (SSSR count). The molecule has 1 saturated heterocycles. The lowest BCUT2D eigenvalue weighted by molar-refractivity contribution is -0.150. The minimum atomic E-state index is -0.980. The van der Waals surface area contributed by atoms with Crippen LogP contribution in [0.5, 0.6) is 0 Å². The average molecular weight is 398 g/mol. The van der Waals surface area contributed by atoms with Crippen molar-refractivity contribution < 1.29 is 34.4 Å². The maximum atomic E-state index is 12.0. The van der Waals surface area contributed by atoms with Crippen molar-refractivity contribution in [1.29, 1.82) is 0 Å². The number of hydrogen-bond acceptors (Lipinski definition) is 6. The van der Waals surface area contributed by atoms with Crippen molar-refractivity contribution in [3.63, 3.8) is 0 Å². The first-order valence-corrected chi connectivity index (χ1v) is 10.2. The molecule has 0 unspecified atom stereocenters. The van der Waals surface area contributed by atoms with Gasteiger partial charge in [0.25, 0.3) is 0 Å². The Balaban J connectivity index is 2.51. The Hall–Kier alpha value is -1.89. The second-order valence-electron chi connectivity index (χ2n) is 8.06. The molecule has 0 saturated carbocycles. The number of aliphatic carboxylic acids is 1. The molecule has 0 aromatic carbocycles. The summed E-state index contributed by atoms with van der Waals surface area (Å²) in [5.41, 5.74) is -0.243. The number of aliphatic hydroxyl groups excluding tert-OH is 2. The predicted octanol–water partition coefficient (Wildman–Crippen LogP) is 3.40. The topological polar surface area (TPSA) is 121 Å². The van der Waals surface area contributed by atoms with E-state index >= 15 is 0 Å². The van der Waals surface area contributed by atoms with E-state index in [9.17, 15) is 29.7 Å². The summed E-state index contributed by atoms with van der Waals surface area (Å²) >= 11 is 0. The van der Waals surface area contributed by atoms with Crippen LogP contribution in [-0.4, -0.2) is 45.2 Å². The van der Waals surface area contributed by atoms with Gasteiger partial charge in [-0.2, -0.15) is 0 Å². The number of Topliss-reactive ketones (excluding diaryl/α,β-unsaturated/α-hetero) is 1. The number of rotatable bonds is 11. The van der Waals surface area contributed by atoms with Crippen molar-refractivity contribution in [2.45, 2.75) is 84.8 Å². The Kier molecular flexibility index (Phi) is 9.65. The molecule has 0 bridgehead atoms. The Morgan fingerprint density at radius 3 is 2.36 bits per heavy atom. The second-order valence-corrected chi connectivity index (χ2v) is 8.06. The summed E-state index contributed by atoms with van der Waals surface area (Å²) in [5.74, 6) is -3.05. The van der Waals surface area contributed by atoms with Gasteiger partial charge in [0.1, 0.15) is 17.4 Å². The quantitative estimate of drug-likeness (QED) is 0.211. The molecule has 0 amide bonds. The molecule has 3 N–H and O–H groups in total. The monoisotopic (exact) mass is 398 g/mol. The van der Waals surface area contributed by atoms with Gasteiger partial charge in [-0.05, 0) is 31.6 Å². The van der Waals surface area contributed by atoms with E-state index in [2.05, 4.69) is 0 Å². The molecule has 1 heterocycles. The number of esters is 1. The summed E-state index contributed by atoms with van der Waals surface area (Å²) in [5, 5.41) is 29.7.